The summed E-state index contributed by atoms with van der Waals surface area (Å²) in [4.78, 5) is 7.53. The number of aryl methyl sites for hydroxylation is 1. The molecule has 0 atom stereocenters. The Kier molecular flexibility index (Phi) is 1.97. The van der Waals surface area contributed by atoms with Gasteiger partial charge in [0.2, 0.25) is 5.76 Å². The van der Waals surface area contributed by atoms with E-state index in [0.717, 1.165) is 16.7 Å². The average molecular weight is 234 g/mol. The third-order valence-corrected chi connectivity index (χ3v) is 2.54. The second-order valence-electron chi connectivity index (χ2n) is 3.58. The topological polar surface area (TPSA) is 54.7 Å². The number of fused-ring (bicyclic) bond motifs is 1. The first-order valence-corrected chi connectivity index (χ1v) is 5.19. The van der Waals surface area contributed by atoms with E-state index in [4.69, 9.17) is 16.1 Å². The molecule has 0 saturated heterocycles. The number of benzene rings is 1. The van der Waals surface area contributed by atoms with E-state index in [2.05, 4.69) is 15.1 Å². The highest BCUT2D eigenvalue weighted by Crippen LogP contribution is 2.23. The molecule has 0 fully saturated rings. The van der Waals surface area contributed by atoms with Crippen molar-refractivity contribution in [3.63, 3.8) is 0 Å². The lowest BCUT2D eigenvalue weighted by Crippen LogP contribution is -1.74. The van der Waals surface area contributed by atoms with Crippen molar-refractivity contribution in [1.29, 1.82) is 0 Å². The molecule has 0 unspecified atom stereocenters. The van der Waals surface area contributed by atoms with Crippen LogP contribution in [0.25, 0.3) is 22.6 Å². The molecule has 0 aliphatic heterocycles. The van der Waals surface area contributed by atoms with Crippen LogP contribution in [0.15, 0.2) is 28.8 Å². The molecule has 0 amide bonds. The van der Waals surface area contributed by atoms with E-state index >= 15 is 0 Å². The molecule has 80 valence electrons. The number of hydrogen-bond acceptors (Lipinski definition) is 3. The summed E-state index contributed by atoms with van der Waals surface area (Å²) in [6, 6.07) is 7.33. The van der Waals surface area contributed by atoms with E-state index in [1.807, 2.05) is 25.1 Å². The fourth-order valence-electron chi connectivity index (χ4n) is 1.57. The van der Waals surface area contributed by atoms with Crippen LogP contribution < -0.4 is 0 Å². The highest BCUT2D eigenvalue weighted by atomic mass is 35.5. The fraction of sp³-hybridized carbons (Fsp3) is 0.0909. The van der Waals surface area contributed by atoms with Gasteiger partial charge in [0, 0.05) is 11.1 Å². The Morgan fingerprint density at radius 3 is 2.94 bits per heavy atom. The molecule has 0 radical (unpaired) electrons. The summed E-state index contributed by atoms with van der Waals surface area (Å²) < 4.78 is 5.13. The monoisotopic (exact) mass is 233 g/mol. The highest BCUT2D eigenvalue weighted by molar-refractivity contribution is 6.31. The predicted octanol–water partition coefficient (Wildman–Crippen LogP) is 3.18. The zero-order chi connectivity index (χ0) is 11.1. The van der Waals surface area contributed by atoms with Gasteiger partial charge in [0.25, 0.3) is 0 Å². The minimum atomic E-state index is 0.629. The van der Waals surface area contributed by atoms with Crippen molar-refractivity contribution in [2.45, 2.75) is 6.92 Å². The normalized spacial score (nSPS) is 11.1. The average Bonchev–Trinajstić information content (AvgIpc) is 2.83. The van der Waals surface area contributed by atoms with Gasteiger partial charge < -0.3 is 9.51 Å². The molecule has 1 N–H and O–H groups in total. The van der Waals surface area contributed by atoms with E-state index in [1.165, 1.54) is 0 Å². The largest absolute Gasteiger partial charge is 0.353 e. The molecule has 0 aliphatic rings. The summed E-state index contributed by atoms with van der Waals surface area (Å²) >= 11 is 5.89. The number of imidazole rings is 1. The van der Waals surface area contributed by atoms with Crippen LogP contribution in [0.4, 0.5) is 0 Å². The first kappa shape index (κ1) is 9.42. The lowest BCUT2D eigenvalue weighted by Gasteiger charge is -1.87. The van der Waals surface area contributed by atoms with Crippen molar-refractivity contribution in [3.8, 4) is 11.6 Å². The van der Waals surface area contributed by atoms with Gasteiger partial charge in [0.05, 0.1) is 16.7 Å². The number of aromatic amines is 1. The summed E-state index contributed by atoms with van der Waals surface area (Å²) in [6.07, 6.45) is 0. The molecule has 0 saturated carbocycles. The summed E-state index contributed by atoms with van der Waals surface area (Å²) in [6.45, 7) is 1.87. The van der Waals surface area contributed by atoms with Crippen molar-refractivity contribution in [3.05, 3.63) is 35.0 Å². The van der Waals surface area contributed by atoms with E-state index in [9.17, 15) is 0 Å². The van der Waals surface area contributed by atoms with Crippen LogP contribution in [-0.4, -0.2) is 15.1 Å². The van der Waals surface area contributed by atoms with Crippen LogP contribution in [0.2, 0.25) is 5.02 Å². The molecule has 2 aromatic heterocycles. The molecule has 16 heavy (non-hydrogen) atoms. The summed E-state index contributed by atoms with van der Waals surface area (Å²) in [5.74, 6) is 1.29. The number of nitrogens with zero attached hydrogens (tertiary/aromatic N) is 2. The Hall–Kier alpha value is -1.81. The van der Waals surface area contributed by atoms with E-state index in [0.29, 0.717) is 16.6 Å². The lowest BCUT2D eigenvalue weighted by atomic mass is 10.3. The molecule has 0 aliphatic carbocycles. The van der Waals surface area contributed by atoms with Crippen LogP contribution in [0.5, 0.6) is 0 Å². The van der Waals surface area contributed by atoms with Crippen molar-refractivity contribution in [1.82, 2.24) is 15.1 Å². The van der Waals surface area contributed by atoms with Crippen LogP contribution in [-0.2, 0) is 0 Å². The third kappa shape index (κ3) is 1.47. The second-order valence-corrected chi connectivity index (χ2v) is 4.02. The number of hydrogen-bond donors (Lipinski definition) is 1. The molecule has 0 spiro atoms. The molecule has 1 aromatic carbocycles. The summed E-state index contributed by atoms with van der Waals surface area (Å²) in [7, 11) is 0. The van der Waals surface area contributed by atoms with Gasteiger partial charge in [-0.05, 0) is 25.1 Å². The van der Waals surface area contributed by atoms with E-state index < -0.39 is 0 Å². The second kappa shape index (κ2) is 3.35. The van der Waals surface area contributed by atoms with Crippen LogP contribution in [0.1, 0.15) is 5.69 Å². The first-order chi connectivity index (χ1) is 7.72. The fourth-order valence-corrected chi connectivity index (χ4v) is 1.75. The van der Waals surface area contributed by atoms with Gasteiger partial charge in [-0.2, -0.15) is 0 Å². The van der Waals surface area contributed by atoms with Gasteiger partial charge in [0.15, 0.2) is 5.82 Å². The van der Waals surface area contributed by atoms with Crippen molar-refractivity contribution in [2.75, 3.05) is 0 Å². The van der Waals surface area contributed by atoms with Crippen LogP contribution in [0, 0.1) is 6.92 Å². The Morgan fingerprint density at radius 1 is 1.31 bits per heavy atom. The molecular formula is C11H8ClN3O. The molecule has 2 heterocycles. The number of rotatable bonds is 1. The molecule has 4 nitrogen and oxygen atoms in total. The standard InChI is InChI=1S/C11H8ClN3O/c1-6-4-10(16-15-6)11-13-8-3-2-7(12)5-9(8)14-11/h2-5H,1H3,(H,13,14). The Balaban J connectivity index is 2.18. The van der Waals surface area contributed by atoms with Gasteiger partial charge in [-0.3, -0.25) is 0 Å². The minimum absolute atomic E-state index is 0.629. The summed E-state index contributed by atoms with van der Waals surface area (Å²) in [5.41, 5.74) is 2.57. The summed E-state index contributed by atoms with van der Waals surface area (Å²) in [5, 5.41) is 4.50. The predicted molar refractivity (Wildman–Crippen MR) is 61.3 cm³/mol. The van der Waals surface area contributed by atoms with Crippen LogP contribution in [0.3, 0.4) is 0 Å². The Morgan fingerprint density at radius 2 is 2.19 bits per heavy atom. The Bertz CT molecular complexity index is 656. The maximum atomic E-state index is 5.89. The molecular weight excluding hydrogens is 226 g/mol. The maximum Gasteiger partial charge on any atom is 0.202 e. The quantitative estimate of drug-likeness (QED) is 0.702. The van der Waals surface area contributed by atoms with Crippen molar-refractivity contribution in [2.24, 2.45) is 0 Å². The molecule has 3 rings (SSSR count). The van der Waals surface area contributed by atoms with Crippen LogP contribution >= 0.6 is 11.6 Å². The zero-order valence-electron chi connectivity index (χ0n) is 8.49. The van der Waals surface area contributed by atoms with E-state index in [1.54, 1.807) is 6.07 Å². The third-order valence-electron chi connectivity index (χ3n) is 2.31. The highest BCUT2D eigenvalue weighted by Gasteiger charge is 2.09. The number of aromatic nitrogens is 3. The Labute approximate surface area is 96.2 Å². The lowest BCUT2D eigenvalue weighted by molar-refractivity contribution is 0.425. The zero-order valence-corrected chi connectivity index (χ0v) is 9.25. The molecule has 3 aromatic rings. The van der Waals surface area contributed by atoms with Gasteiger partial charge in [-0.15, -0.1) is 0 Å². The van der Waals surface area contributed by atoms with Gasteiger partial charge in [-0.25, -0.2) is 4.98 Å². The first-order valence-electron chi connectivity index (χ1n) is 4.81. The van der Waals surface area contributed by atoms with Gasteiger partial charge >= 0.3 is 0 Å². The van der Waals surface area contributed by atoms with Gasteiger partial charge in [-0.1, -0.05) is 16.8 Å². The van der Waals surface area contributed by atoms with Crippen molar-refractivity contribution >= 4 is 22.6 Å². The smallest absolute Gasteiger partial charge is 0.202 e. The number of halogens is 1. The van der Waals surface area contributed by atoms with Gasteiger partial charge in [0.1, 0.15) is 0 Å². The minimum Gasteiger partial charge on any atom is -0.353 e. The molecule has 0 bridgehead atoms. The molecule has 5 heteroatoms. The van der Waals surface area contributed by atoms with E-state index in [-0.39, 0.29) is 0 Å². The maximum absolute atomic E-state index is 5.89. The number of H-pyrrole nitrogens is 1. The number of nitrogens with one attached hydrogen (secondary N) is 1. The SMILES string of the molecule is Cc1cc(-c2nc3ccc(Cl)cc3[nH]2)on1. The van der Waals surface area contributed by atoms with Crippen molar-refractivity contribution < 1.29 is 4.52 Å².